The van der Waals surface area contributed by atoms with Crippen LogP contribution in [0, 0.1) is 0 Å². The number of rotatable bonds is 0. The number of hydrogen-bond donors (Lipinski definition) is 0. The van der Waals surface area contributed by atoms with E-state index in [1.807, 2.05) is 0 Å². The van der Waals surface area contributed by atoms with E-state index in [0.29, 0.717) is 5.92 Å². The van der Waals surface area contributed by atoms with Crippen LogP contribution in [0.25, 0.3) is 5.57 Å². The molecule has 1 aromatic rings. The van der Waals surface area contributed by atoms with E-state index in [2.05, 4.69) is 54.9 Å². The molecule has 0 bridgehead atoms. The second kappa shape index (κ2) is 2.98. The summed E-state index contributed by atoms with van der Waals surface area (Å²) in [6, 6.07) is 6.56. The quantitative estimate of drug-likeness (QED) is 0.628. The van der Waals surface area contributed by atoms with Crippen molar-refractivity contribution >= 4 is 21.5 Å². The molecule has 1 atom stereocenters. The highest BCUT2D eigenvalue weighted by Crippen LogP contribution is 2.41. The number of halogens is 1. The lowest BCUT2D eigenvalue weighted by Crippen LogP contribution is -1.89. The maximum atomic E-state index is 3.51. The lowest BCUT2D eigenvalue weighted by molar-refractivity contribution is 0.919. The van der Waals surface area contributed by atoms with Gasteiger partial charge in [-0.2, -0.15) is 0 Å². The zero-order chi connectivity index (χ0) is 9.59. The molecule has 1 aliphatic carbocycles. The van der Waals surface area contributed by atoms with Gasteiger partial charge in [0.25, 0.3) is 0 Å². The zero-order valence-corrected chi connectivity index (χ0v) is 9.77. The van der Waals surface area contributed by atoms with Gasteiger partial charge in [-0.25, -0.2) is 0 Å². The number of fused-ring (bicyclic) bond motifs is 1. The van der Waals surface area contributed by atoms with Crippen LogP contribution in [0.1, 0.15) is 37.8 Å². The number of benzene rings is 1. The lowest BCUT2D eigenvalue weighted by Gasteiger charge is -2.06. The fourth-order valence-electron chi connectivity index (χ4n) is 2.00. The lowest BCUT2D eigenvalue weighted by atomic mass is 9.99. The highest BCUT2D eigenvalue weighted by atomic mass is 79.9. The van der Waals surface area contributed by atoms with Gasteiger partial charge in [0.2, 0.25) is 0 Å². The Morgan fingerprint density at radius 3 is 2.62 bits per heavy atom. The van der Waals surface area contributed by atoms with Crippen molar-refractivity contribution in [1.82, 2.24) is 0 Å². The Labute approximate surface area is 87.8 Å². The Bertz CT molecular complexity index is 388. The molecular weight excluding hydrogens is 224 g/mol. The summed E-state index contributed by atoms with van der Waals surface area (Å²) in [6.45, 7) is 6.72. The van der Waals surface area contributed by atoms with E-state index in [4.69, 9.17) is 0 Å². The molecule has 13 heavy (non-hydrogen) atoms. The third kappa shape index (κ3) is 1.26. The highest BCUT2D eigenvalue weighted by molar-refractivity contribution is 9.10. The van der Waals surface area contributed by atoms with Gasteiger partial charge in [-0.15, -0.1) is 0 Å². The summed E-state index contributed by atoms with van der Waals surface area (Å²) in [7, 11) is 0. The van der Waals surface area contributed by atoms with Gasteiger partial charge >= 0.3 is 0 Å². The third-order valence-corrected chi connectivity index (χ3v) is 3.62. The minimum absolute atomic E-state index is 0.590. The first-order valence-corrected chi connectivity index (χ1v) is 5.37. The van der Waals surface area contributed by atoms with Crippen molar-refractivity contribution in [3.8, 4) is 0 Å². The SMILES string of the molecule is CC1=C(C)C(C)c2cc(Br)ccc21. The molecule has 1 aliphatic rings. The number of hydrogen-bond acceptors (Lipinski definition) is 0. The monoisotopic (exact) mass is 236 g/mol. The minimum atomic E-state index is 0.590. The summed E-state index contributed by atoms with van der Waals surface area (Å²) < 4.78 is 1.18. The largest absolute Gasteiger partial charge is 0.0625 e. The van der Waals surface area contributed by atoms with Gasteiger partial charge in [0.05, 0.1) is 0 Å². The van der Waals surface area contributed by atoms with Crippen LogP contribution in [-0.2, 0) is 0 Å². The molecule has 1 aromatic carbocycles. The van der Waals surface area contributed by atoms with Crippen LogP contribution in [-0.4, -0.2) is 0 Å². The van der Waals surface area contributed by atoms with Crippen molar-refractivity contribution in [3.05, 3.63) is 39.4 Å². The Kier molecular flexibility index (Phi) is 2.07. The molecule has 0 N–H and O–H groups in total. The van der Waals surface area contributed by atoms with E-state index in [-0.39, 0.29) is 0 Å². The Balaban J connectivity index is 2.64. The molecule has 68 valence electrons. The van der Waals surface area contributed by atoms with Gasteiger partial charge in [0.15, 0.2) is 0 Å². The van der Waals surface area contributed by atoms with Crippen molar-refractivity contribution in [2.45, 2.75) is 26.7 Å². The molecule has 0 fully saturated rings. The summed E-state index contributed by atoms with van der Waals surface area (Å²) in [6.07, 6.45) is 0. The molecule has 1 unspecified atom stereocenters. The Hall–Kier alpha value is -0.560. The van der Waals surface area contributed by atoms with Crippen LogP contribution in [0.15, 0.2) is 28.2 Å². The fourth-order valence-corrected chi connectivity index (χ4v) is 2.38. The van der Waals surface area contributed by atoms with Crippen LogP contribution in [0.3, 0.4) is 0 Å². The molecule has 0 spiro atoms. The highest BCUT2D eigenvalue weighted by Gasteiger charge is 2.22. The standard InChI is InChI=1S/C12H13Br/c1-7-8(2)11-5-4-10(13)6-12(11)9(7)3/h4-6,9H,1-3H3. The summed E-state index contributed by atoms with van der Waals surface area (Å²) in [5.41, 5.74) is 5.85. The van der Waals surface area contributed by atoms with Gasteiger partial charge < -0.3 is 0 Å². The molecule has 1 heteroatoms. The molecule has 0 radical (unpaired) electrons. The second-order valence-electron chi connectivity index (χ2n) is 3.76. The van der Waals surface area contributed by atoms with Crippen LogP contribution in [0.5, 0.6) is 0 Å². The molecule has 0 saturated carbocycles. The van der Waals surface area contributed by atoms with Crippen molar-refractivity contribution in [3.63, 3.8) is 0 Å². The van der Waals surface area contributed by atoms with Crippen LogP contribution in [0.2, 0.25) is 0 Å². The van der Waals surface area contributed by atoms with Crippen LogP contribution >= 0.6 is 15.9 Å². The fraction of sp³-hybridized carbons (Fsp3) is 0.333. The normalized spacial score (nSPS) is 20.8. The predicted molar refractivity (Wildman–Crippen MR) is 60.8 cm³/mol. The van der Waals surface area contributed by atoms with Gasteiger partial charge in [0, 0.05) is 10.4 Å². The first-order chi connectivity index (χ1) is 6.11. The smallest absolute Gasteiger partial charge is 0.0178 e. The minimum Gasteiger partial charge on any atom is -0.0625 e. The van der Waals surface area contributed by atoms with E-state index in [9.17, 15) is 0 Å². The van der Waals surface area contributed by atoms with Crippen LogP contribution < -0.4 is 0 Å². The average Bonchev–Trinajstić information content (AvgIpc) is 2.32. The summed E-state index contributed by atoms with van der Waals surface area (Å²) in [4.78, 5) is 0. The molecule has 0 nitrogen and oxygen atoms in total. The van der Waals surface area contributed by atoms with Gasteiger partial charge in [-0.05, 0) is 42.7 Å². The van der Waals surface area contributed by atoms with Gasteiger partial charge in [-0.3, -0.25) is 0 Å². The molecule has 0 saturated heterocycles. The molecule has 0 amide bonds. The van der Waals surface area contributed by atoms with Crippen molar-refractivity contribution in [2.24, 2.45) is 0 Å². The number of allylic oxidation sites excluding steroid dienone is 2. The maximum Gasteiger partial charge on any atom is 0.0178 e. The predicted octanol–water partition coefficient (Wildman–Crippen LogP) is 4.36. The van der Waals surface area contributed by atoms with Crippen molar-refractivity contribution < 1.29 is 0 Å². The van der Waals surface area contributed by atoms with Gasteiger partial charge in [-0.1, -0.05) is 34.5 Å². The summed E-state index contributed by atoms with van der Waals surface area (Å²) in [5, 5.41) is 0. The molecular formula is C12H13Br. The maximum absolute atomic E-state index is 3.51. The van der Waals surface area contributed by atoms with E-state index in [0.717, 1.165) is 0 Å². The summed E-state index contributed by atoms with van der Waals surface area (Å²) >= 11 is 3.51. The van der Waals surface area contributed by atoms with Gasteiger partial charge in [0.1, 0.15) is 0 Å². The van der Waals surface area contributed by atoms with Crippen LogP contribution in [0.4, 0.5) is 0 Å². The molecule has 0 aliphatic heterocycles. The van der Waals surface area contributed by atoms with E-state index in [1.54, 1.807) is 0 Å². The second-order valence-corrected chi connectivity index (χ2v) is 4.68. The topological polar surface area (TPSA) is 0 Å². The Morgan fingerprint density at radius 2 is 1.92 bits per heavy atom. The first kappa shape index (κ1) is 9.01. The van der Waals surface area contributed by atoms with Crippen molar-refractivity contribution in [1.29, 1.82) is 0 Å². The molecule has 0 heterocycles. The summed E-state index contributed by atoms with van der Waals surface area (Å²) in [5.74, 6) is 0.590. The first-order valence-electron chi connectivity index (χ1n) is 4.58. The molecule has 2 rings (SSSR count). The van der Waals surface area contributed by atoms with Crippen molar-refractivity contribution in [2.75, 3.05) is 0 Å². The van der Waals surface area contributed by atoms with E-state index in [1.165, 1.54) is 26.7 Å². The van der Waals surface area contributed by atoms with E-state index < -0.39 is 0 Å². The van der Waals surface area contributed by atoms with E-state index >= 15 is 0 Å². The third-order valence-electron chi connectivity index (χ3n) is 3.13. The average molecular weight is 237 g/mol. The Morgan fingerprint density at radius 1 is 1.23 bits per heavy atom. The molecule has 0 aromatic heterocycles. The zero-order valence-electron chi connectivity index (χ0n) is 8.19.